The molecule has 0 unspecified atom stereocenters. The number of ether oxygens (including phenoxy) is 1. The smallest absolute Gasteiger partial charge is 0.304 e. The zero-order chi connectivity index (χ0) is 19.6. The summed E-state index contributed by atoms with van der Waals surface area (Å²) in [7, 11) is 0. The third kappa shape index (κ3) is 4.17. The first kappa shape index (κ1) is 19.6. The van der Waals surface area contributed by atoms with E-state index in [1.54, 1.807) is 11.8 Å². The summed E-state index contributed by atoms with van der Waals surface area (Å²) in [5.41, 5.74) is 2.54. The molecule has 1 N–H and O–H groups in total. The molecule has 148 valence electrons. The van der Waals surface area contributed by atoms with Gasteiger partial charge in [0.15, 0.2) is 0 Å². The Hall–Kier alpha value is -1.69. The maximum atomic E-state index is 10.8. The molecule has 2 heterocycles. The number of carboxylic acid groups (broad SMARTS) is 1. The van der Waals surface area contributed by atoms with Gasteiger partial charge in [-0.25, -0.2) is 0 Å². The second-order valence-corrected chi connectivity index (χ2v) is 9.05. The summed E-state index contributed by atoms with van der Waals surface area (Å²) in [5.74, 6) is 1.11. The summed E-state index contributed by atoms with van der Waals surface area (Å²) in [6.45, 7) is 3.22. The normalized spacial score (nSPS) is 18.0. The number of carbonyl (C=O) groups is 1. The van der Waals surface area contributed by atoms with Gasteiger partial charge in [-0.05, 0) is 49.7 Å². The summed E-state index contributed by atoms with van der Waals surface area (Å²) in [6, 6.07) is 14.5. The first-order valence-corrected chi connectivity index (χ1v) is 11.0. The number of piperidine rings is 1. The lowest BCUT2D eigenvalue weighted by Crippen LogP contribution is -2.44. The molecule has 1 spiro atoms. The van der Waals surface area contributed by atoms with E-state index in [4.69, 9.17) is 21.4 Å². The fraction of sp³-hybridized carbons (Fsp3) is 0.409. The van der Waals surface area contributed by atoms with E-state index >= 15 is 0 Å². The van der Waals surface area contributed by atoms with Crippen LogP contribution in [0.15, 0.2) is 47.4 Å². The van der Waals surface area contributed by atoms with E-state index in [0.717, 1.165) is 54.6 Å². The third-order valence-electron chi connectivity index (χ3n) is 5.84. The van der Waals surface area contributed by atoms with Crippen LogP contribution in [0.3, 0.4) is 0 Å². The highest BCUT2D eigenvalue weighted by molar-refractivity contribution is 7.98. The molecule has 0 aliphatic carbocycles. The van der Waals surface area contributed by atoms with Gasteiger partial charge in [-0.2, -0.15) is 0 Å². The number of fused-ring (bicyclic) bond motifs is 2. The number of rotatable bonds is 6. The number of halogens is 1. The molecule has 0 atom stereocenters. The first-order valence-electron chi connectivity index (χ1n) is 9.63. The van der Waals surface area contributed by atoms with Crippen molar-refractivity contribution in [3.05, 3.63) is 58.6 Å². The van der Waals surface area contributed by atoms with Crippen molar-refractivity contribution >= 4 is 29.3 Å². The Morgan fingerprint density at radius 3 is 2.75 bits per heavy atom. The van der Waals surface area contributed by atoms with Crippen molar-refractivity contribution in [2.45, 2.75) is 35.3 Å². The van der Waals surface area contributed by atoms with E-state index in [1.807, 2.05) is 18.2 Å². The summed E-state index contributed by atoms with van der Waals surface area (Å²) < 4.78 is 6.09. The highest BCUT2D eigenvalue weighted by Crippen LogP contribution is 2.46. The minimum atomic E-state index is -0.725. The molecular formula is C22H24ClNO3S. The van der Waals surface area contributed by atoms with Crippen molar-refractivity contribution in [1.29, 1.82) is 0 Å². The topological polar surface area (TPSA) is 49.8 Å². The molecule has 4 nitrogen and oxygen atoms in total. The number of aliphatic carboxylic acids is 1. The van der Waals surface area contributed by atoms with E-state index in [0.29, 0.717) is 6.54 Å². The fourth-order valence-corrected chi connectivity index (χ4v) is 5.30. The summed E-state index contributed by atoms with van der Waals surface area (Å²) in [5, 5.41) is 9.69. The molecule has 1 saturated heterocycles. The SMILES string of the molecule is O=C(O)CCN1CCC2(CC1)COc1cc(SCc3ccccc3Cl)ccc12. The minimum absolute atomic E-state index is 0.0843. The molecule has 0 amide bonds. The third-order valence-corrected chi connectivity index (χ3v) is 7.25. The molecule has 6 heteroatoms. The minimum Gasteiger partial charge on any atom is -0.492 e. The first-order chi connectivity index (χ1) is 13.6. The molecule has 2 aliphatic rings. The number of thioether (sulfide) groups is 1. The Labute approximate surface area is 174 Å². The van der Waals surface area contributed by atoms with Crippen LogP contribution >= 0.6 is 23.4 Å². The Morgan fingerprint density at radius 2 is 2.00 bits per heavy atom. The van der Waals surface area contributed by atoms with E-state index in [2.05, 4.69) is 29.2 Å². The predicted octanol–water partition coefficient (Wildman–Crippen LogP) is 4.83. The summed E-state index contributed by atoms with van der Waals surface area (Å²) in [4.78, 5) is 14.2. The van der Waals surface area contributed by atoms with Crippen LogP contribution in [0, 0.1) is 0 Å². The lowest BCUT2D eigenvalue weighted by Gasteiger charge is -2.38. The van der Waals surface area contributed by atoms with Crippen molar-refractivity contribution < 1.29 is 14.6 Å². The van der Waals surface area contributed by atoms with Crippen molar-refractivity contribution in [3.63, 3.8) is 0 Å². The number of benzene rings is 2. The van der Waals surface area contributed by atoms with E-state index in [-0.39, 0.29) is 11.8 Å². The number of nitrogens with zero attached hydrogens (tertiary/aromatic N) is 1. The van der Waals surface area contributed by atoms with E-state index in [9.17, 15) is 4.79 Å². The summed E-state index contributed by atoms with van der Waals surface area (Å²) >= 11 is 8.03. The molecule has 2 aromatic rings. The summed E-state index contributed by atoms with van der Waals surface area (Å²) in [6.07, 6.45) is 2.25. The van der Waals surface area contributed by atoms with Gasteiger partial charge >= 0.3 is 5.97 Å². The lowest BCUT2D eigenvalue weighted by atomic mass is 9.74. The van der Waals surface area contributed by atoms with Crippen molar-refractivity contribution in [1.82, 2.24) is 4.90 Å². The van der Waals surface area contributed by atoms with Crippen molar-refractivity contribution in [2.24, 2.45) is 0 Å². The van der Waals surface area contributed by atoms with Crippen LogP contribution in [-0.2, 0) is 16.0 Å². The number of likely N-dealkylation sites (tertiary alicyclic amines) is 1. The maximum Gasteiger partial charge on any atom is 0.304 e. The Morgan fingerprint density at radius 1 is 1.21 bits per heavy atom. The highest BCUT2D eigenvalue weighted by Gasteiger charge is 2.43. The van der Waals surface area contributed by atoms with Gasteiger partial charge in [0, 0.05) is 33.2 Å². The van der Waals surface area contributed by atoms with Crippen LogP contribution in [0.4, 0.5) is 0 Å². The second-order valence-electron chi connectivity index (χ2n) is 7.59. The molecule has 2 aromatic carbocycles. The Kier molecular flexibility index (Phi) is 5.85. The maximum absolute atomic E-state index is 10.8. The largest absolute Gasteiger partial charge is 0.492 e. The average molecular weight is 418 g/mol. The van der Waals surface area contributed by atoms with Crippen LogP contribution in [0.5, 0.6) is 5.75 Å². The van der Waals surface area contributed by atoms with Gasteiger partial charge in [-0.1, -0.05) is 35.9 Å². The van der Waals surface area contributed by atoms with Crippen molar-refractivity contribution in [2.75, 3.05) is 26.2 Å². The standard InChI is InChI=1S/C22H24ClNO3S/c23-19-4-2-1-3-16(19)14-28-17-5-6-18-20(13-17)27-15-22(18)8-11-24(12-9-22)10-7-21(25)26/h1-6,13H,7-12,14-15H2,(H,25,26). The predicted molar refractivity (Wildman–Crippen MR) is 113 cm³/mol. The van der Waals surface area contributed by atoms with E-state index < -0.39 is 5.97 Å². The number of hydrogen-bond acceptors (Lipinski definition) is 4. The molecule has 0 aromatic heterocycles. The van der Waals surface area contributed by atoms with Crippen LogP contribution in [0.25, 0.3) is 0 Å². The quantitative estimate of drug-likeness (QED) is 0.682. The molecule has 0 bridgehead atoms. The monoisotopic (exact) mass is 417 g/mol. The molecule has 4 rings (SSSR count). The highest BCUT2D eigenvalue weighted by atomic mass is 35.5. The van der Waals surface area contributed by atoms with Crippen LogP contribution in [0.2, 0.25) is 5.02 Å². The molecule has 0 saturated carbocycles. The van der Waals surface area contributed by atoms with Crippen LogP contribution in [0.1, 0.15) is 30.4 Å². The Bertz CT molecular complexity index is 865. The van der Waals surface area contributed by atoms with Gasteiger partial charge in [0.25, 0.3) is 0 Å². The van der Waals surface area contributed by atoms with Gasteiger partial charge in [0.1, 0.15) is 5.75 Å². The van der Waals surface area contributed by atoms with Gasteiger partial charge < -0.3 is 14.7 Å². The zero-order valence-electron chi connectivity index (χ0n) is 15.7. The van der Waals surface area contributed by atoms with Gasteiger partial charge in [-0.3, -0.25) is 4.79 Å². The molecule has 28 heavy (non-hydrogen) atoms. The lowest BCUT2D eigenvalue weighted by molar-refractivity contribution is -0.137. The second kappa shape index (κ2) is 8.36. The van der Waals surface area contributed by atoms with E-state index in [1.165, 1.54) is 10.5 Å². The number of carboxylic acids is 1. The fourth-order valence-electron chi connectivity index (χ4n) is 4.09. The molecule has 1 fully saturated rings. The van der Waals surface area contributed by atoms with Gasteiger partial charge in [0.2, 0.25) is 0 Å². The van der Waals surface area contributed by atoms with Gasteiger partial charge in [0.05, 0.1) is 13.0 Å². The molecule has 0 radical (unpaired) electrons. The zero-order valence-corrected chi connectivity index (χ0v) is 17.3. The number of hydrogen-bond donors (Lipinski definition) is 1. The average Bonchev–Trinajstić information content (AvgIpc) is 3.04. The molecule has 2 aliphatic heterocycles. The van der Waals surface area contributed by atoms with Crippen molar-refractivity contribution in [3.8, 4) is 5.75 Å². The van der Waals surface area contributed by atoms with Crippen LogP contribution < -0.4 is 4.74 Å². The Balaban J connectivity index is 1.40. The molecular weight excluding hydrogens is 394 g/mol. The van der Waals surface area contributed by atoms with Gasteiger partial charge in [-0.15, -0.1) is 11.8 Å². The van der Waals surface area contributed by atoms with Crippen LogP contribution in [-0.4, -0.2) is 42.2 Å².